The molecule has 10 heteroatoms. The molecular formula is C24H29N5O5. The summed E-state index contributed by atoms with van der Waals surface area (Å²) in [6.07, 6.45) is 1.39. The Morgan fingerprint density at radius 1 is 1.09 bits per heavy atom. The molecule has 2 aliphatic heterocycles. The number of aromatic nitrogens is 1. The summed E-state index contributed by atoms with van der Waals surface area (Å²) in [5.41, 5.74) is 0.957. The number of rotatable bonds is 4. The molecule has 4 rings (SSSR count). The molecule has 2 aromatic rings. The maximum Gasteiger partial charge on any atom is 0.410 e. The monoisotopic (exact) mass is 467 g/mol. The second-order valence-corrected chi connectivity index (χ2v) is 9.14. The summed E-state index contributed by atoms with van der Waals surface area (Å²) in [5, 5.41) is 2.74. The lowest BCUT2D eigenvalue weighted by Crippen LogP contribution is -2.50. The standard InChI is InChI=1S/C24H29N5O5/c1-24(2,3)34-23(32)28-12-10-27(11-13-28)17-8-9-20(25-14-17)26-21(30)15-29-18-6-4-5-7-19(18)33-16-22(29)31/h4-9,14H,10-13,15-16H2,1-3H3,(H,25,26,30). The van der Waals surface area contributed by atoms with E-state index in [-0.39, 0.29) is 31.1 Å². The zero-order valence-electron chi connectivity index (χ0n) is 19.6. The molecule has 10 nitrogen and oxygen atoms in total. The molecule has 0 aliphatic carbocycles. The fourth-order valence-electron chi connectivity index (χ4n) is 3.77. The van der Waals surface area contributed by atoms with Crippen LogP contribution in [-0.2, 0) is 14.3 Å². The summed E-state index contributed by atoms with van der Waals surface area (Å²) in [5.74, 6) is 0.346. The minimum Gasteiger partial charge on any atom is -0.482 e. The predicted octanol–water partition coefficient (Wildman–Crippen LogP) is 2.50. The lowest BCUT2D eigenvalue weighted by molar-refractivity contribution is -0.123. The second kappa shape index (κ2) is 9.58. The van der Waals surface area contributed by atoms with Crippen molar-refractivity contribution in [2.75, 3.05) is 54.4 Å². The lowest BCUT2D eigenvalue weighted by Gasteiger charge is -2.36. The number of hydrogen-bond acceptors (Lipinski definition) is 7. The number of para-hydroxylation sites is 2. The predicted molar refractivity (Wildman–Crippen MR) is 127 cm³/mol. The molecule has 3 heterocycles. The summed E-state index contributed by atoms with van der Waals surface area (Å²) in [7, 11) is 0. The molecule has 1 N–H and O–H groups in total. The normalized spacial score (nSPS) is 16.0. The van der Waals surface area contributed by atoms with Crippen LogP contribution in [0.2, 0.25) is 0 Å². The van der Waals surface area contributed by atoms with Gasteiger partial charge in [0.1, 0.15) is 23.7 Å². The Hall–Kier alpha value is -3.82. The van der Waals surface area contributed by atoms with E-state index in [1.807, 2.05) is 32.9 Å². The van der Waals surface area contributed by atoms with Crippen LogP contribution in [-0.4, -0.2) is 72.7 Å². The summed E-state index contributed by atoms with van der Waals surface area (Å²) >= 11 is 0. The highest BCUT2D eigenvalue weighted by Gasteiger charge is 2.28. The van der Waals surface area contributed by atoms with E-state index in [0.717, 1.165) is 5.69 Å². The van der Waals surface area contributed by atoms with Crippen molar-refractivity contribution < 1.29 is 23.9 Å². The van der Waals surface area contributed by atoms with Crippen molar-refractivity contribution in [3.63, 3.8) is 0 Å². The average Bonchev–Trinajstić information content (AvgIpc) is 2.80. The number of pyridine rings is 1. The molecule has 0 radical (unpaired) electrons. The van der Waals surface area contributed by atoms with Crippen LogP contribution in [0.4, 0.5) is 22.0 Å². The summed E-state index contributed by atoms with van der Waals surface area (Å²) in [6.45, 7) is 7.76. The zero-order chi connectivity index (χ0) is 24.3. The summed E-state index contributed by atoms with van der Waals surface area (Å²) in [6, 6.07) is 10.7. The first-order chi connectivity index (χ1) is 16.2. The van der Waals surface area contributed by atoms with Gasteiger partial charge in [-0.2, -0.15) is 0 Å². The number of carbonyl (C=O) groups excluding carboxylic acids is 3. The number of benzene rings is 1. The average molecular weight is 468 g/mol. The van der Waals surface area contributed by atoms with Gasteiger partial charge < -0.3 is 24.6 Å². The van der Waals surface area contributed by atoms with Gasteiger partial charge in [0.15, 0.2) is 6.61 Å². The van der Waals surface area contributed by atoms with Gasteiger partial charge >= 0.3 is 6.09 Å². The van der Waals surface area contributed by atoms with Crippen molar-refractivity contribution >= 4 is 35.1 Å². The number of nitrogens with zero attached hydrogens (tertiary/aromatic N) is 4. The first-order valence-corrected chi connectivity index (χ1v) is 11.2. The molecular weight excluding hydrogens is 438 g/mol. The van der Waals surface area contributed by atoms with E-state index in [1.165, 1.54) is 4.90 Å². The van der Waals surface area contributed by atoms with Crippen LogP contribution in [0.15, 0.2) is 42.6 Å². The Labute approximate surface area is 198 Å². The molecule has 2 aliphatic rings. The smallest absolute Gasteiger partial charge is 0.410 e. The molecule has 1 aromatic heterocycles. The van der Waals surface area contributed by atoms with Crippen molar-refractivity contribution in [1.29, 1.82) is 0 Å². The van der Waals surface area contributed by atoms with Crippen LogP contribution >= 0.6 is 0 Å². The molecule has 0 unspecified atom stereocenters. The van der Waals surface area contributed by atoms with Gasteiger partial charge in [-0.1, -0.05) is 12.1 Å². The molecule has 180 valence electrons. The van der Waals surface area contributed by atoms with Crippen LogP contribution in [0, 0.1) is 0 Å². The van der Waals surface area contributed by atoms with Gasteiger partial charge in [0.25, 0.3) is 5.91 Å². The second-order valence-electron chi connectivity index (χ2n) is 9.14. The number of nitrogens with one attached hydrogen (secondary N) is 1. The molecule has 34 heavy (non-hydrogen) atoms. The molecule has 0 saturated carbocycles. The summed E-state index contributed by atoms with van der Waals surface area (Å²) in [4.78, 5) is 46.7. The molecule has 1 fully saturated rings. The minimum absolute atomic E-state index is 0.0988. The van der Waals surface area contributed by atoms with Crippen molar-refractivity contribution in [2.45, 2.75) is 26.4 Å². The minimum atomic E-state index is -0.517. The van der Waals surface area contributed by atoms with Gasteiger partial charge in [-0.25, -0.2) is 9.78 Å². The number of ether oxygens (including phenoxy) is 2. The maximum absolute atomic E-state index is 12.6. The van der Waals surface area contributed by atoms with Gasteiger partial charge in [0.05, 0.1) is 17.6 Å². The van der Waals surface area contributed by atoms with Gasteiger partial charge in [0, 0.05) is 26.2 Å². The van der Waals surface area contributed by atoms with Crippen LogP contribution < -0.4 is 19.9 Å². The number of anilines is 3. The van der Waals surface area contributed by atoms with Crippen molar-refractivity contribution in [3.8, 4) is 5.75 Å². The van der Waals surface area contributed by atoms with Crippen molar-refractivity contribution in [2.24, 2.45) is 0 Å². The van der Waals surface area contributed by atoms with Crippen LogP contribution in [0.3, 0.4) is 0 Å². The lowest BCUT2D eigenvalue weighted by atomic mass is 10.2. The largest absolute Gasteiger partial charge is 0.482 e. The Bertz CT molecular complexity index is 1060. The van der Waals surface area contributed by atoms with E-state index >= 15 is 0 Å². The van der Waals surface area contributed by atoms with Crippen LogP contribution in [0.1, 0.15) is 20.8 Å². The van der Waals surface area contributed by atoms with E-state index < -0.39 is 5.60 Å². The maximum atomic E-state index is 12.6. The third-order valence-electron chi connectivity index (χ3n) is 5.42. The molecule has 1 saturated heterocycles. The van der Waals surface area contributed by atoms with Gasteiger partial charge in [-0.05, 0) is 45.0 Å². The van der Waals surface area contributed by atoms with E-state index in [9.17, 15) is 14.4 Å². The highest BCUT2D eigenvalue weighted by Crippen LogP contribution is 2.31. The molecule has 0 atom stereocenters. The fraction of sp³-hybridized carbons (Fsp3) is 0.417. The first-order valence-electron chi connectivity index (χ1n) is 11.2. The Morgan fingerprint density at radius 3 is 2.50 bits per heavy atom. The Kier molecular flexibility index (Phi) is 6.58. The quantitative estimate of drug-likeness (QED) is 0.737. The summed E-state index contributed by atoms with van der Waals surface area (Å²) < 4.78 is 10.8. The first kappa shape index (κ1) is 23.3. The van der Waals surface area contributed by atoms with E-state index in [1.54, 1.807) is 35.4 Å². The van der Waals surface area contributed by atoms with E-state index in [4.69, 9.17) is 9.47 Å². The number of amides is 3. The molecule has 0 bridgehead atoms. The molecule has 3 amide bonds. The number of hydrogen-bond donors (Lipinski definition) is 1. The van der Waals surface area contributed by atoms with Crippen molar-refractivity contribution in [1.82, 2.24) is 9.88 Å². The third-order valence-corrected chi connectivity index (χ3v) is 5.42. The number of fused-ring (bicyclic) bond motifs is 1. The van der Waals surface area contributed by atoms with Crippen molar-refractivity contribution in [3.05, 3.63) is 42.6 Å². The number of carbonyl (C=O) groups is 3. The molecule has 1 aromatic carbocycles. The Morgan fingerprint density at radius 2 is 1.82 bits per heavy atom. The topological polar surface area (TPSA) is 104 Å². The Balaban J connectivity index is 1.30. The number of piperazine rings is 1. The third kappa shape index (κ3) is 5.56. The van der Waals surface area contributed by atoms with Gasteiger partial charge in [0.2, 0.25) is 5.91 Å². The zero-order valence-corrected chi connectivity index (χ0v) is 19.6. The van der Waals surface area contributed by atoms with Gasteiger partial charge in [-0.3, -0.25) is 14.5 Å². The van der Waals surface area contributed by atoms with Crippen LogP contribution in [0.25, 0.3) is 0 Å². The van der Waals surface area contributed by atoms with E-state index in [2.05, 4.69) is 15.2 Å². The van der Waals surface area contributed by atoms with Gasteiger partial charge in [-0.15, -0.1) is 0 Å². The van der Waals surface area contributed by atoms with E-state index in [0.29, 0.717) is 43.4 Å². The highest BCUT2D eigenvalue weighted by atomic mass is 16.6. The fourth-order valence-corrected chi connectivity index (χ4v) is 3.77. The SMILES string of the molecule is CC(C)(C)OC(=O)N1CCN(c2ccc(NC(=O)CN3C(=O)COc4ccccc43)nc2)CC1. The van der Waals surface area contributed by atoms with Crippen LogP contribution in [0.5, 0.6) is 5.75 Å². The molecule has 0 spiro atoms. The highest BCUT2D eigenvalue weighted by molar-refractivity contribution is 6.04.